The SMILES string of the molecule is CCCCN1C[C@H](O)C[C@H]1C. The van der Waals surface area contributed by atoms with Gasteiger partial charge < -0.3 is 5.11 Å². The van der Waals surface area contributed by atoms with Crippen molar-refractivity contribution in [3.05, 3.63) is 0 Å². The molecule has 0 aliphatic carbocycles. The van der Waals surface area contributed by atoms with E-state index in [-0.39, 0.29) is 6.10 Å². The Morgan fingerprint density at radius 2 is 2.27 bits per heavy atom. The molecular formula is C9H19NO. The predicted octanol–water partition coefficient (Wildman–Crippen LogP) is 1.24. The summed E-state index contributed by atoms with van der Waals surface area (Å²) in [6.45, 7) is 6.46. The second-order valence-corrected chi connectivity index (χ2v) is 3.59. The molecule has 66 valence electrons. The summed E-state index contributed by atoms with van der Waals surface area (Å²) in [6.07, 6.45) is 3.40. The Bertz CT molecular complexity index is 116. The second kappa shape index (κ2) is 4.07. The molecule has 2 heteroatoms. The molecule has 1 heterocycles. The van der Waals surface area contributed by atoms with Crippen LogP contribution in [0.15, 0.2) is 0 Å². The van der Waals surface area contributed by atoms with Crippen molar-refractivity contribution >= 4 is 0 Å². The van der Waals surface area contributed by atoms with Crippen LogP contribution in [0.25, 0.3) is 0 Å². The van der Waals surface area contributed by atoms with Crippen molar-refractivity contribution in [3.63, 3.8) is 0 Å². The van der Waals surface area contributed by atoms with Gasteiger partial charge in [0, 0.05) is 12.6 Å². The lowest BCUT2D eigenvalue weighted by molar-refractivity contribution is 0.174. The molecule has 0 saturated carbocycles. The maximum Gasteiger partial charge on any atom is 0.0682 e. The topological polar surface area (TPSA) is 23.5 Å². The molecule has 0 unspecified atom stereocenters. The van der Waals surface area contributed by atoms with Crippen molar-refractivity contribution in [2.24, 2.45) is 0 Å². The lowest BCUT2D eigenvalue weighted by Crippen LogP contribution is -2.28. The van der Waals surface area contributed by atoms with Gasteiger partial charge in [-0.15, -0.1) is 0 Å². The van der Waals surface area contributed by atoms with Crippen LogP contribution in [0, 0.1) is 0 Å². The summed E-state index contributed by atoms with van der Waals surface area (Å²) in [5, 5.41) is 9.33. The first kappa shape index (κ1) is 9.01. The summed E-state index contributed by atoms with van der Waals surface area (Å²) in [5.41, 5.74) is 0. The Morgan fingerprint density at radius 3 is 2.73 bits per heavy atom. The average molecular weight is 157 g/mol. The highest BCUT2D eigenvalue weighted by molar-refractivity contribution is 4.81. The molecule has 0 spiro atoms. The highest BCUT2D eigenvalue weighted by Gasteiger charge is 2.26. The first-order chi connectivity index (χ1) is 5.24. The molecule has 1 N–H and O–H groups in total. The number of likely N-dealkylation sites (tertiary alicyclic amines) is 1. The first-order valence-electron chi connectivity index (χ1n) is 4.66. The number of nitrogens with zero attached hydrogens (tertiary/aromatic N) is 1. The predicted molar refractivity (Wildman–Crippen MR) is 46.6 cm³/mol. The summed E-state index contributed by atoms with van der Waals surface area (Å²) < 4.78 is 0. The number of hydrogen-bond donors (Lipinski definition) is 1. The standard InChI is InChI=1S/C9H19NO/c1-3-4-5-10-7-9(11)6-8(10)2/h8-9,11H,3-7H2,1-2H3/t8-,9-/m1/s1. The van der Waals surface area contributed by atoms with Crippen molar-refractivity contribution in [3.8, 4) is 0 Å². The molecule has 0 aromatic heterocycles. The van der Waals surface area contributed by atoms with Crippen molar-refractivity contribution in [1.82, 2.24) is 4.90 Å². The maximum atomic E-state index is 9.33. The minimum absolute atomic E-state index is 0.0677. The molecular weight excluding hydrogens is 138 g/mol. The smallest absolute Gasteiger partial charge is 0.0682 e. The zero-order valence-electron chi connectivity index (χ0n) is 7.58. The third kappa shape index (κ3) is 2.46. The van der Waals surface area contributed by atoms with E-state index in [1.807, 2.05) is 0 Å². The van der Waals surface area contributed by atoms with Gasteiger partial charge in [0.1, 0.15) is 0 Å². The number of aliphatic hydroxyl groups excluding tert-OH is 1. The van der Waals surface area contributed by atoms with Gasteiger partial charge in [0.25, 0.3) is 0 Å². The Morgan fingerprint density at radius 1 is 1.55 bits per heavy atom. The van der Waals surface area contributed by atoms with Crippen LogP contribution in [0.4, 0.5) is 0 Å². The average Bonchev–Trinajstić information content (AvgIpc) is 2.26. The van der Waals surface area contributed by atoms with E-state index in [2.05, 4.69) is 18.7 Å². The minimum Gasteiger partial charge on any atom is -0.392 e. The molecule has 2 nitrogen and oxygen atoms in total. The molecule has 1 saturated heterocycles. The number of β-amino-alcohol motifs (C(OH)–C–C–N with tert-alkyl or cyclic N) is 1. The van der Waals surface area contributed by atoms with Gasteiger partial charge in [0.15, 0.2) is 0 Å². The third-order valence-corrected chi connectivity index (χ3v) is 2.48. The number of rotatable bonds is 3. The Kier molecular flexibility index (Phi) is 3.34. The molecule has 0 amide bonds. The summed E-state index contributed by atoms with van der Waals surface area (Å²) >= 11 is 0. The fourth-order valence-electron chi connectivity index (χ4n) is 1.74. The largest absolute Gasteiger partial charge is 0.392 e. The number of unbranched alkanes of at least 4 members (excludes halogenated alkanes) is 1. The lowest BCUT2D eigenvalue weighted by atomic mass is 10.2. The van der Waals surface area contributed by atoms with Crippen LogP contribution >= 0.6 is 0 Å². The first-order valence-corrected chi connectivity index (χ1v) is 4.66. The van der Waals surface area contributed by atoms with Gasteiger partial charge in [0.05, 0.1) is 6.10 Å². The van der Waals surface area contributed by atoms with Crippen LogP contribution in [0.5, 0.6) is 0 Å². The lowest BCUT2D eigenvalue weighted by Gasteiger charge is -2.19. The van der Waals surface area contributed by atoms with E-state index in [0.29, 0.717) is 6.04 Å². The fraction of sp³-hybridized carbons (Fsp3) is 1.00. The molecule has 1 aliphatic rings. The van der Waals surface area contributed by atoms with E-state index in [0.717, 1.165) is 19.5 Å². The van der Waals surface area contributed by atoms with Gasteiger partial charge in [0.2, 0.25) is 0 Å². The van der Waals surface area contributed by atoms with E-state index < -0.39 is 0 Å². The van der Waals surface area contributed by atoms with E-state index in [1.165, 1.54) is 12.8 Å². The Hall–Kier alpha value is -0.0800. The summed E-state index contributed by atoms with van der Waals surface area (Å²) in [6, 6.07) is 0.594. The van der Waals surface area contributed by atoms with Crippen LogP contribution < -0.4 is 0 Å². The van der Waals surface area contributed by atoms with Crippen molar-refractivity contribution in [2.75, 3.05) is 13.1 Å². The zero-order chi connectivity index (χ0) is 8.27. The number of hydrogen-bond acceptors (Lipinski definition) is 2. The van der Waals surface area contributed by atoms with Gasteiger partial charge in [-0.25, -0.2) is 0 Å². The van der Waals surface area contributed by atoms with Gasteiger partial charge in [-0.2, -0.15) is 0 Å². The van der Waals surface area contributed by atoms with Crippen LogP contribution in [0.3, 0.4) is 0 Å². The Balaban J connectivity index is 2.23. The molecule has 0 bridgehead atoms. The van der Waals surface area contributed by atoms with Gasteiger partial charge in [-0.05, 0) is 26.3 Å². The fourth-order valence-corrected chi connectivity index (χ4v) is 1.74. The highest BCUT2D eigenvalue weighted by atomic mass is 16.3. The minimum atomic E-state index is -0.0677. The highest BCUT2D eigenvalue weighted by Crippen LogP contribution is 2.17. The molecule has 0 aromatic rings. The monoisotopic (exact) mass is 157 g/mol. The Labute approximate surface area is 69.2 Å². The van der Waals surface area contributed by atoms with E-state index in [4.69, 9.17) is 0 Å². The van der Waals surface area contributed by atoms with Gasteiger partial charge in [-0.1, -0.05) is 13.3 Å². The molecule has 11 heavy (non-hydrogen) atoms. The number of aliphatic hydroxyl groups is 1. The second-order valence-electron chi connectivity index (χ2n) is 3.59. The van der Waals surface area contributed by atoms with Gasteiger partial charge >= 0.3 is 0 Å². The van der Waals surface area contributed by atoms with Crippen molar-refractivity contribution < 1.29 is 5.11 Å². The quantitative estimate of drug-likeness (QED) is 0.666. The molecule has 1 aliphatic heterocycles. The van der Waals surface area contributed by atoms with Crippen LogP contribution in [-0.2, 0) is 0 Å². The van der Waals surface area contributed by atoms with E-state index >= 15 is 0 Å². The van der Waals surface area contributed by atoms with Crippen LogP contribution in [-0.4, -0.2) is 35.2 Å². The summed E-state index contributed by atoms with van der Waals surface area (Å²) in [4.78, 5) is 2.38. The molecule has 2 atom stereocenters. The van der Waals surface area contributed by atoms with Crippen molar-refractivity contribution in [2.45, 2.75) is 45.3 Å². The normalized spacial score (nSPS) is 33.0. The molecule has 1 rings (SSSR count). The van der Waals surface area contributed by atoms with E-state index in [9.17, 15) is 5.11 Å². The van der Waals surface area contributed by atoms with Crippen LogP contribution in [0.1, 0.15) is 33.1 Å². The maximum absolute atomic E-state index is 9.33. The van der Waals surface area contributed by atoms with Crippen molar-refractivity contribution in [1.29, 1.82) is 0 Å². The summed E-state index contributed by atoms with van der Waals surface area (Å²) in [5.74, 6) is 0. The van der Waals surface area contributed by atoms with E-state index in [1.54, 1.807) is 0 Å². The molecule has 0 radical (unpaired) electrons. The molecule has 0 aromatic carbocycles. The van der Waals surface area contributed by atoms with Crippen LogP contribution in [0.2, 0.25) is 0 Å². The zero-order valence-corrected chi connectivity index (χ0v) is 7.58. The molecule has 1 fully saturated rings. The van der Waals surface area contributed by atoms with Gasteiger partial charge in [-0.3, -0.25) is 4.90 Å². The summed E-state index contributed by atoms with van der Waals surface area (Å²) in [7, 11) is 0. The third-order valence-electron chi connectivity index (χ3n) is 2.48.